The second-order valence-electron chi connectivity index (χ2n) is 10.3. The van der Waals surface area contributed by atoms with Crippen LogP contribution >= 0.6 is 0 Å². The molecule has 0 spiro atoms. The Kier molecular flexibility index (Phi) is 13.3. The number of rotatable bonds is 17. The number of hydrogen-bond donors (Lipinski definition) is 0. The molecule has 0 atom stereocenters. The van der Waals surface area contributed by atoms with E-state index in [1.807, 2.05) is 36.4 Å². The molecule has 0 N–H and O–H groups in total. The van der Waals surface area contributed by atoms with Gasteiger partial charge >= 0.3 is 0 Å². The minimum atomic E-state index is -0.189. The van der Waals surface area contributed by atoms with Gasteiger partial charge in [-0.1, -0.05) is 95.9 Å². The molecule has 0 amide bonds. The van der Waals surface area contributed by atoms with Crippen LogP contribution in [-0.2, 0) is 15.9 Å². The van der Waals surface area contributed by atoms with Crippen molar-refractivity contribution >= 4 is 0 Å². The van der Waals surface area contributed by atoms with Gasteiger partial charge < -0.3 is 14.2 Å². The summed E-state index contributed by atoms with van der Waals surface area (Å²) in [4.78, 5) is 0. The summed E-state index contributed by atoms with van der Waals surface area (Å²) in [6, 6.07) is 13.3. The van der Waals surface area contributed by atoms with Crippen LogP contribution in [0.25, 0.3) is 11.1 Å². The van der Waals surface area contributed by atoms with Crippen LogP contribution in [0.15, 0.2) is 42.5 Å². The Morgan fingerprint density at radius 3 is 2.11 bits per heavy atom. The molecule has 200 valence electrons. The molecule has 2 aromatic carbocycles. The molecule has 0 bridgehead atoms. The molecule has 4 heteroatoms. The highest BCUT2D eigenvalue weighted by Gasteiger charge is 2.22. The standard InChI is InChI=1S/C32H47FO3/c1-3-5-7-9-11-13-27-24-35-32(36-25-27)21-15-26-14-20-30(31(33)23-26)28-16-18-29(19-17-28)34-22-12-10-8-6-4-2/h14,16-20,23,27,32H,3-13,15,21-22,24-25H2,1-2H3. The van der Waals surface area contributed by atoms with Crippen LogP contribution < -0.4 is 4.74 Å². The maximum absolute atomic E-state index is 14.9. The smallest absolute Gasteiger partial charge is 0.157 e. The van der Waals surface area contributed by atoms with E-state index in [1.165, 1.54) is 64.2 Å². The van der Waals surface area contributed by atoms with E-state index in [0.29, 0.717) is 11.5 Å². The Morgan fingerprint density at radius 2 is 1.44 bits per heavy atom. The molecular weight excluding hydrogens is 451 g/mol. The predicted octanol–water partition coefficient (Wildman–Crippen LogP) is 9.12. The summed E-state index contributed by atoms with van der Waals surface area (Å²) in [6.07, 6.45) is 15.2. The molecule has 2 aromatic rings. The number of hydrogen-bond acceptors (Lipinski definition) is 3. The quantitative estimate of drug-likeness (QED) is 0.204. The second-order valence-corrected chi connectivity index (χ2v) is 10.3. The predicted molar refractivity (Wildman–Crippen MR) is 147 cm³/mol. The van der Waals surface area contributed by atoms with E-state index < -0.39 is 0 Å². The molecule has 3 nitrogen and oxygen atoms in total. The number of halogens is 1. The summed E-state index contributed by atoms with van der Waals surface area (Å²) >= 11 is 0. The maximum Gasteiger partial charge on any atom is 0.157 e. The molecule has 3 rings (SSSR count). The summed E-state index contributed by atoms with van der Waals surface area (Å²) in [5, 5.41) is 0. The SMILES string of the molecule is CCCCCCCOc1ccc(-c2ccc(CCC3OCC(CCCCCCC)CO3)cc2F)cc1. The van der Waals surface area contributed by atoms with Crippen LogP contribution in [0.5, 0.6) is 5.75 Å². The Labute approximate surface area is 218 Å². The van der Waals surface area contributed by atoms with Gasteiger partial charge in [0.1, 0.15) is 11.6 Å². The van der Waals surface area contributed by atoms with Gasteiger partial charge in [0.2, 0.25) is 0 Å². The normalized spacial score (nSPS) is 17.9. The van der Waals surface area contributed by atoms with Crippen molar-refractivity contribution in [3.8, 4) is 16.9 Å². The molecule has 1 saturated heterocycles. The van der Waals surface area contributed by atoms with E-state index in [2.05, 4.69) is 13.8 Å². The van der Waals surface area contributed by atoms with E-state index >= 15 is 0 Å². The third kappa shape index (κ3) is 10.2. The summed E-state index contributed by atoms with van der Waals surface area (Å²) in [6.45, 7) is 6.77. The summed E-state index contributed by atoms with van der Waals surface area (Å²) in [7, 11) is 0. The zero-order valence-electron chi connectivity index (χ0n) is 22.6. The molecule has 0 unspecified atom stereocenters. The van der Waals surface area contributed by atoms with Gasteiger partial charge in [-0.3, -0.25) is 0 Å². The first-order valence-corrected chi connectivity index (χ1v) is 14.4. The van der Waals surface area contributed by atoms with Gasteiger partial charge in [0.15, 0.2) is 6.29 Å². The molecular formula is C32H47FO3. The van der Waals surface area contributed by atoms with Crippen LogP contribution in [0.1, 0.15) is 96.5 Å². The number of ether oxygens (including phenoxy) is 3. The van der Waals surface area contributed by atoms with Gasteiger partial charge in [-0.15, -0.1) is 0 Å². The van der Waals surface area contributed by atoms with E-state index in [0.717, 1.165) is 56.0 Å². The van der Waals surface area contributed by atoms with Crippen LogP contribution in [0.3, 0.4) is 0 Å². The zero-order chi connectivity index (χ0) is 25.4. The van der Waals surface area contributed by atoms with Crippen molar-refractivity contribution < 1.29 is 18.6 Å². The molecule has 1 fully saturated rings. The Hall–Kier alpha value is -1.91. The van der Waals surface area contributed by atoms with Crippen molar-refractivity contribution in [1.29, 1.82) is 0 Å². The fourth-order valence-electron chi connectivity index (χ4n) is 4.81. The number of benzene rings is 2. The van der Waals surface area contributed by atoms with Gasteiger partial charge in [-0.2, -0.15) is 0 Å². The van der Waals surface area contributed by atoms with Gasteiger partial charge in [-0.25, -0.2) is 4.39 Å². The molecule has 1 aliphatic rings. The highest BCUT2D eigenvalue weighted by molar-refractivity contribution is 5.65. The summed E-state index contributed by atoms with van der Waals surface area (Å²) < 4.78 is 32.6. The highest BCUT2D eigenvalue weighted by Crippen LogP contribution is 2.27. The van der Waals surface area contributed by atoms with Crippen LogP contribution in [-0.4, -0.2) is 26.1 Å². The van der Waals surface area contributed by atoms with Gasteiger partial charge in [0.05, 0.1) is 19.8 Å². The van der Waals surface area contributed by atoms with E-state index in [-0.39, 0.29) is 12.1 Å². The second kappa shape index (κ2) is 16.8. The lowest BCUT2D eigenvalue weighted by Crippen LogP contribution is -2.32. The van der Waals surface area contributed by atoms with Gasteiger partial charge in [0.25, 0.3) is 0 Å². The fourth-order valence-corrected chi connectivity index (χ4v) is 4.81. The number of unbranched alkanes of at least 4 members (excludes halogenated alkanes) is 8. The lowest BCUT2D eigenvalue weighted by atomic mass is 10.00. The van der Waals surface area contributed by atoms with Crippen LogP contribution in [0.2, 0.25) is 0 Å². The van der Waals surface area contributed by atoms with Crippen molar-refractivity contribution in [2.75, 3.05) is 19.8 Å². The minimum Gasteiger partial charge on any atom is -0.494 e. The summed E-state index contributed by atoms with van der Waals surface area (Å²) in [5.74, 6) is 1.17. The van der Waals surface area contributed by atoms with Gasteiger partial charge in [0, 0.05) is 17.9 Å². The first-order valence-electron chi connectivity index (χ1n) is 14.4. The lowest BCUT2D eigenvalue weighted by Gasteiger charge is -2.29. The molecule has 0 aromatic heterocycles. The van der Waals surface area contributed by atoms with Crippen molar-refractivity contribution in [3.63, 3.8) is 0 Å². The zero-order valence-corrected chi connectivity index (χ0v) is 22.6. The largest absolute Gasteiger partial charge is 0.494 e. The minimum absolute atomic E-state index is 0.178. The monoisotopic (exact) mass is 498 g/mol. The van der Waals surface area contributed by atoms with Crippen LogP contribution in [0, 0.1) is 11.7 Å². The lowest BCUT2D eigenvalue weighted by molar-refractivity contribution is -0.203. The van der Waals surface area contributed by atoms with E-state index in [9.17, 15) is 4.39 Å². The third-order valence-corrected chi connectivity index (χ3v) is 7.14. The molecule has 0 saturated carbocycles. The Balaban J connectivity index is 1.37. The van der Waals surface area contributed by atoms with Crippen molar-refractivity contribution in [2.24, 2.45) is 5.92 Å². The van der Waals surface area contributed by atoms with Crippen molar-refractivity contribution in [3.05, 3.63) is 53.8 Å². The first kappa shape index (κ1) is 28.7. The fraction of sp³-hybridized carbons (Fsp3) is 0.625. The van der Waals surface area contributed by atoms with Crippen LogP contribution in [0.4, 0.5) is 4.39 Å². The first-order chi connectivity index (χ1) is 17.7. The average molecular weight is 499 g/mol. The maximum atomic E-state index is 14.9. The molecule has 0 aliphatic carbocycles. The topological polar surface area (TPSA) is 27.7 Å². The average Bonchev–Trinajstić information content (AvgIpc) is 2.90. The Bertz CT molecular complexity index is 843. The molecule has 0 radical (unpaired) electrons. The molecule has 1 aliphatic heterocycles. The van der Waals surface area contributed by atoms with Gasteiger partial charge in [-0.05, 0) is 48.6 Å². The molecule has 1 heterocycles. The van der Waals surface area contributed by atoms with E-state index in [4.69, 9.17) is 14.2 Å². The highest BCUT2D eigenvalue weighted by atomic mass is 19.1. The summed E-state index contributed by atoms with van der Waals surface area (Å²) in [5.41, 5.74) is 2.47. The number of aryl methyl sites for hydroxylation is 1. The van der Waals surface area contributed by atoms with Crippen molar-refractivity contribution in [1.82, 2.24) is 0 Å². The third-order valence-electron chi connectivity index (χ3n) is 7.14. The Morgan fingerprint density at radius 1 is 0.778 bits per heavy atom. The van der Waals surface area contributed by atoms with Crippen molar-refractivity contribution in [2.45, 2.75) is 104 Å². The van der Waals surface area contributed by atoms with E-state index in [1.54, 1.807) is 6.07 Å². The molecule has 36 heavy (non-hydrogen) atoms.